The van der Waals surface area contributed by atoms with Gasteiger partial charge >= 0.3 is 6.09 Å². The van der Waals surface area contributed by atoms with Crippen molar-refractivity contribution in [3.63, 3.8) is 0 Å². The van der Waals surface area contributed by atoms with Crippen LogP contribution in [0.2, 0.25) is 0 Å². The highest BCUT2D eigenvalue weighted by molar-refractivity contribution is 5.93. The monoisotopic (exact) mass is 429 g/mol. The molecule has 3 amide bonds. The molecule has 0 saturated carbocycles. The van der Waals surface area contributed by atoms with Crippen molar-refractivity contribution in [2.45, 2.75) is 79.0 Å². The lowest BCUT2D eigenvalue weighted by molar-refractivity contribution is -0.138. The average molecular weight is 430 g/mol. The van der Waals surface area contributed by atoms with E-state index in [0.29, 0.717) is 12.1 Å². The number of carbonyl (C=O) groups is 3. The summed E-state index contributed by atoms with van der Waals surface area (Å²) in [5.41, 5.74) is 1.71. The molecule has 170 valence electrons. The van der Waals surface area contributed by atoms with Crippen LogP contribution in [-0.4, -0.2) is 41.0 Å². The zero-order chi connectivity index (χ0) is 23.8. The number of amides is 3. The lowest BCUT2D eigenvalue weighted by atomic mass is 9.96. The van der Waals surface area contributed by atoms with Crippen molar-refractivity contribution in [3.8, 4) is 12.5 Å². The smallest absolute Gasteiger partial charge is 0.408 e. The lowest BCUT2D eigenvalue weighted by Crippen LogP contribution is -2.50. The number of nitrogens with one attached hydrogen (secondary N) is 2. The van der Waals surface area contributed by atoms with E-state index in [0.717, 1.165) is 28.9 Å². The third-order valence-corrected chi connectivity index (χ3v) is 4.55. The number of rotatable bonds is 8. The number of nitrogens with zero attached hydrogens (tertiary/aromatic N) is 1. The highest BCUT2D eigenvalue weighted by Crippen LogP contribution is 2.26. The van der Waals surface area contributed by atoms with Crippen molar-refractivity contribution >= 4 is 17.9 Å². The van der Waals surface area contributed by atoms with Gasteiger partial charge in [0.2, 0.25) is 5.91 Å². The van der Waals surface area contributed by atoms with Gasteiger partial charge in [-0.05, 0) is 59.1 Å². The molecule has 2 N–H and O–H groups in total. The fourth-order valence-corrected chi connectivity index (χ4v) is 2.96. The third kappa shape index (κ3) is 7.97. The summed E-state index contributed by atoms with van der Waals surface area (Å²) in [5.74, 6) is -0.942. The Morgan fingerprint density at radius 1 is 1.23 bits per heavy atom. The van der Waals surface area contributed by atoms with Crippen LogP contribution in [0.25, 0.3) is 0 Å². The van der Waals surface area contributed by atoms with Crippen LogP contribution in [0.15, 0.2) is 18.2 Å². The first-order valence-electron chi connectivity index (χ1n) is 10.5. The SMILES string of the molecule is C#CN(C(=O)C(C)NC(=O)OC(C)(C)C)C(C(=O)NCCCC)c1cc(C)ccc1C. The maximum absolute atomic E-state index is 13.2. The van der Waals surface area contributed by atoms with E-state index in [1.807, 2.05) is 39.0 Å². The maximum Gasteiger partial charge on any atom is 0.408 e. The second-order valence-electron chi connectivity index (χ2n) is 8.61. The molecule has 0 heterocycles. The quantitative estimate of drug-likeness (QED) is 0.376. The van der Waals surface area contributed by atoms with Crippen LogP contribution in [0, 0.1) is 26.3 Å². The van der Waals surface area contributed by atoms with Gasteiger partial charge < -0.3 is 15.4 Å². The summed E-state index contributed by atoms with van der Waals surface area (Å²) in [6.45, 7) is 13.0. The largest absolute Gasteiger partial charge is 0.444 e. The topological polar surface area (TPSA) is 87.7 Å². The van der Waals surface area contributed by atoms with Crippen molar-refractivity contribution in [3.05, 3.63) is 34.9 Å². The van der Waals surface area contributed by atoms with Gasteiger partial charge in [-0.2, -0.15) is 0 Å². The molecule has 0 aliphatic rings. The van der Waals surface area contributed by atoms with Gasteiger partial charge in [0.05, 0.1) is 0 Å². The Kier molecular flexibility index (Phi) is 9.57. The molecule has 0 aromatic heterocycles. The van der Waals surface area contributed by atoms with Crippen LogP contribution in [0.3, 0.4) is 0 Å². The predicted octanol–water partition coefficient (Wildman–Crippen LogP) is 3.59. The van der Waals surface area contributed by atoms with Gasteiger partial charge in [-0.15, -0.1) is 0 Å². The van der Waals surface area contributed by atoms with Crippen LogP contribution >= 0.6 is 0 Å². The normalized spacial score (nSPS) is 12.8. The molecule has 0 radical (unpaired) electrons. The molecule has 7 nitrogen and oxygen atoms in total. The molecule has 2 atom stereocenters. The number of aryl methyl sites for hydroxylation is 2. The van der Waals surface area contributed by atoms with Crippen LogP contribution < -0.4 is 10.6 Å². The van der Waals surface area contributed by atoms with Crippen molar-refractivity contribution in [1.29, 1.82) is 0 Å². The van der Waals surface area contributed by atoms with Gasteiger partial charge in [-0.25, -0.2) is 4.79 Å². The van der Waals surface area contributed by atoms with Crippen LogP contribution in [0.4, 0.5) is 4.79 Å². The number of alkyl carbamates (subject to hydrolysis) is 1. The van der Waals surface area contributed by atoms with E-state index in [9.17, 15) is 14.4 Å². The molecule has 2 unspecified atom stereocenters. The van der Waals surface area contributed by atoms with Gasteiger partial charge in [0.25, 0.3) is 5.91 Å². The van der Waals surface area contributed by atoms with Crippen molar-refractivity contribution in [1.82, 2.24) is 15.5 Å². The molecule has 1 aromatic rings. The first kappa shape index (κ1) is 26.0. The fraction of sp³-hybridized carbons (Fsp3) is 0.542. The minimum Gasteiger partial charge on any atom is -0.444 e. The van der Waals surface area contributed by atoms with E-state index in [2.05, 4.69) is 16.7 Å². The highest BCUT2D eigenvalue weighted by atomic mass is 16.6. The van der Waals surface area contributed by atoms with Gasteiger partial charge in [0.1, 0.15) is 17.7 Å². The molecule has 0 saturated heterocycles. The first-order valence-corrected chi connectivity index (χ1v) is 10.5. The van der Waals surface area contributed by atoms with E-state index in [1.165, 1.54) is 6.92 Å². The zero-order valence-electron chi connectivity index (χ0n) is 19.7. The molecule has 0 bridgehead atoms. The van der Waals surface area contributed by atoms with E-state index < -0.39 is 29.7 Å². The Hall–Kier alpha value is -3.01. The fourth-order valence-electron chi connectivity index (χ4n) is 2.96. The average Bonchev–Trinajstić information content (AvgIpc) is 2.66. The molecule has 7 heteroatoms. The zero-order valence-corrected chi connectivity index (χ0v) is 19.7. The minimum absolute atomic E-state index is 0.363. The molecule has 0 spiro atoms. The van der Waals surface area contributed by atoms with Gasteiger partial charge in [0, 0.05) is 12.6 Å². The predicted molar refractivity (Wildman–Crippen MR) is 121 cm³/mol. The molecule has 0 aliphatic heterocycles. The number of unbranched alkanes of at least 4 members (excludes halogenated alkanes) is 1. The number of benzene rings is 1. The Bertz CT molecular complexity index is 836. The number of hydrogen-bond donors (Lipinski definition) is 2. The molecule has 1 rings (SSSR count). The summed E-state index contributed by atoms with van der Waals surface area (Å²) in [6, 6.07) is 6.02. The van der Waals surface area contributed by atoms with Gasteiger partial charge in [-0.1, -0.05) is 43.5 Å². The van der Waals surface area contributed by atoms with Crippen molar-refractivity contribution in [2.75, 3.05) is 6.54 Å². The van der Waals surface area contributed by atoms with Crippen molar-refractivity contribution in [2.24, 2.45) is 0 Å². The Morgan fingerprint density at radius 2 is 1.87 bits per heavy atom. The summed E-state index contributed by atoms with van der Waals surface area (Å²) in [6.07, 6.45) is 6.69. The standard InChI is InChI=1S/C24H35N3O4/c1-9-11-14-25-21(28)20(19-15-16(3)12-13-17(19)4)27(10-2)22(29)18(5)26-23(30)31-24(6,7)8/h2,12-13,15,18,20H,9,11,14H2,1,3-8H3,(H,25,28)(H,26,30). The molecule has 0 aliphatic carbocycles. The van der Waals surface area contributed by atoms with Gasteiger partial charge in [-0.3, -0.25) is 14.5 Å². The summed E-state index contributed by atoms with van der Waals surface area (Å²) in [5, 5.41) is 5.36. The summed E-state index contributed by atoms with van der Waals surface area (Å²) in [4.78, 5) is 39.4. The molecular formula is C24H35N3O4. The van der Waals surface area contributed by atoms with E-state index >= 15 is 0 Å². The van der Waals surface area contributed by atoms with Crippen LogP contribution in [-0.2, 0) is 14.3 Å². The number of hydrogen-bond acceptors (Lipinski definition) is 4. The summed E-state index contributed by atoms with van der Waals surface area (Å²) >= 11 is 0. The van der Waals surface area contributed by atoms with Gasteiger partial charge in [0.15, 0.2) is 0 Å². The molecule has 31 heavy (non-hydrogen) atoms. The lowest BCUT2D eigenvalue weighted by Gasteiger charge is -2.30. The van der Waals surface area contributed by atoms with E-state index in [4.69, 9.17) is 11.2 Å². The molecule has 0 fully saturated rings. The van der Waals surface area contributed by atoms with E-state index in [-0.39, 0.29) is 5.91 Å². The number of terminal acetylenes is 1. The Labute approximate surface area is 185 Å². The minimum atomic E-state index is -1.02. The molecule has 1 aromatic carbocycles. The summed E-state index contributed by atoms with van der Waals surface area (Å²) in [7, 11) is 0. The number of ether oxygens (including phenoxy) is 1. The second-order valence-corrected chi connectivity index (χ2v) is 8.61. The Morgan fingerprint density at radius 3 is 2.42 bits per heavy atom. The maximum atomic E-state index is 13.2. The van der Waals surface area contributed by atoms with E-state index in [1.54, 1.807) is 20.8 Å². The summed E-state index contributed by atoms with van der Waals surface area (Å²) < 4.78 is 5.21. The number of carbonyl (C=O) groups excluding carboxylic acids is 3. The first-order chi connectivity index (χ1) is 14.4. The Balaban J connectivity index is 3.22. The second kappa shape index (κ2) is 11.4. The highest BCUT2D eigenvalue weighted by Gasteiger charge is 2.34. The van der Waals surface area contributed by atoms with Crippen LogP contribution in [0.1, 0.15) is 70.2 Å². The molecular weight excluding hydrogens is 394 g/mol. The third-order valence-electron chi connectivity index (χ3n) is 4.55. The van der Waals surface area contributed by atoms with Crippen LogP contribution in [0.5, 0.6) is 0 Å². The van der Waals surface area contributed by atoms with Crippen molar-refractivity contribution < 1.29 is 19.1 Å².